The van der Waals surface area contributed by atoms with Gasteiger partial charge in [-0.1, -0.05) is 5.16 Å². The van der Waals surface area contributed by atoms with Crippen LogP contribution in [0.15, 0.2) is 32.4 Å². The third-order valence-corrected chi connectivity index (χ3v) is 3.61. The summed E-state index contributed by atoms with van der Waals surface area (Å²) in [5.74, 6) is -1.68. The molecule has 2 heterocycles. The van der Waals surface area contributed by atoms with Gasteiger partial charge in [-0.05, 0) is 32.9 Å². The summed E-state index contributed by atoms with van der Waals surface area (Å²) < 4.78 is 41.7. The lowest BCUT2D eigenvalue weighted by atomic mass is 10.1. The van der Waals surface area contributed by atoms with E-state index in [-0.39, 0.29) is 29.3 Å². The van der Waals surface area contributed by atoms with E-state index in [1.54, 1.807) is 0 Å². The van der Waals surface area contributed by atoms with Crippen molar-refractivity contribution in [3.63, 3.8) is 0 Å². The Morgan fingerprint density at radius 3 is 2.29 bits per heavy atom. The van der Waals surface area contributed by atoms with Gasteiger partial charge in [0.25, 0.3) is 10.9 Å². The summed E-state index contributed by atoms with van der Waals surface area (Å²) in [7, 11) is 0. The van der Waals surface area contributed by atoms with Gasteiger partial charge in [-0.25, -0.2) is 0 Å². The molecule has 3 rings (SSSR count). The first-order valence-corrected chi connectivity index (χ1v) is 8.17. The van der Waals surface area contributed by atoms with Gasteiger partial charge in [-0.2, -0.15) is 18.2 Å². The predicted molar refractivity (Wildman–Crippen MR) is 94.6 cm³/mol. The van der Waals surface area contributed by atoms with E-state index in [0.717, 1.165) is 0 Å². The van der Waals surface area contributed by atoms with Gasteiger partial charge in [0.05, 0.1) is 12.2 Å². The number of anilines is 2. The molecule has 0 aliphatic heterocycles. The average molecular weight is 395 g/mol. The first kappa shape index (κ1) is 19.5. The summed E-state index contributed by atoms with van der Waals surface area (Å²) in [6.45, 7) is 5.71. The van der Waals surface area contributed by atoms with E-state index < -0.39 is 28.5 Å². The molecule has 0 aliphatic carbocycles. The maximum Gasteiger partial charge on any atom is 0.471 e. The van der Waals surface area contributed by atoms with Crippen molar-refractivity contribution in [2.24, 2.45) is 0 Å². The molecule has 0 spiro atoms. The molecule has 0 bridgehead atoms. The molecule has 0 saturated heterocycles. The predicted octanol–water partition coefficient (Wildman–Crippen LogP) is 2.57. The van der Waals surface area contributed by atoms with Crippen LogP contribution in [0.25, 0.3) is 11.4 Å². The largest absolute Gasteiger partial charge is 0.471 e. The molecule has 2 N–H and O–H groups in total. The minimum Gasteiger partial charge on any atom is -0.375 e. The number of hydrogen-bond donors (Lipinski definition) is 2. The average Bonchev–Trinajstić information content (AvgIpc) is 3.10. The first-order chi connectivity index (χ1) is 13.0. The van der Waals surface area contributed by atoms with Crippen molar-refractivity contribution in [1.82, 2.24) is 15.1 Å². The minimum absolute atomic E-state index is 0.143. The van der Waals surface area contributed by atoms with E-state index >= 15 is 0 Å². The van der Waals surface area contributed by atoms with Crippen molar-refractivity contribution >= 4 is 11.4 Å². The summed E-state index contributed by atoms with van der Waals surface area (Å²) in [5.41, 5.74) is -0.448. The maximum absolute atomic E-state index is 12.5. The zero-order valence-electron chi connectivity index (χ0n) is 15.1. The van der Waals surface area contributed by atoms with Gasteiger partial charge >= 0.3 is 12.1 Å². The summed E-state index contributed by atoms with van der Waals surface area (Å²) in [5, 5.41) is 9.11. The quantitative estimate of drug-likeness (QED) is 0.635. The van der Waals surface area contributed by atoms with Crippen LogP contribution in [0.2, 0.25) is 0 Å². The van der Waals surface area contributed by atoms with Gasteiger partial charge in [0.15, 0.2) is 0 Å². The molecular weight excluding hydrogens is 379 g/mol. The van der Waals surface area contributed by atoms with Gasteiger partial charge < -0.3 is 15.2 Å². The van der Waals surface area contributed by atoms with E-state index in [1.165, 1.54) is 18.3 Å². The Morgan fingerprint density at radius 1 is 1.07 bits per heavy atom. The number of pyridine rings is 1. The van der Waals surface area contributed by atoms with Crippen LogP contribution in [0, 0.1) is 0 Å². The number of alkyl halides is 3. The summed E-state index contributed by atoms with van der Waals surface area (Å²) in [4.78, 5) is 30.8. The van der Waals surface area contributed by atoms with Crippen LogP contribution in [0.1, 0.15) is 32.4 Å². The number of nitrogens with one attached hydrogen (secondary N) is 2. The van der Waals surface area contributed by atoms with Crippen LogP contribution < -0.4 is 21.5 Å². The highest BCUT2D eigenvalue weighted by atomic mass is 19.4. The highest BCUT2D eigenvalue weighted by Gasteiger charge is 2.38. The molecule has 28 heavy (non-hydrogen) atoms. The number of nitrogens with zero attached hydrogens (tertiary/aromatic N) is 3. The fraction of sp³-hybridized carbons (Fsp3) is 0.353. The zero-order chi connectivity index (χ0) is 20.7. The third-order valence-electron chi connectivity index (χ3n) is 3.61. The molecule has 2 aromatic heterocycles. The standard InChI is InChI=1S/C17H16F3N5O3/c1-16(2,3)24-11-10(12(26)13(11)27)22-7-9-5-4-8(6-21-9)14-23-15(28-25-14)17(18,19)20/h4-6,22,24H,7H2,1-3H3. The second kappa shape index (κ2) is 6.73. The van der Waals surface area contributed by atoms with E-state index in [0.29, 0.717) is 5.69 Å². The molecule has 0 amide bonds. The van der Waals surface area contributed by atoms with Crippen molar-refractivity contribution in [3.8, 4) is 11.4 Å². The van der Waals surface area contributed by atoms with Gasteiger partial charge in [0, 0.05) is 17.3 Å². The Hall–Kier alpha value is -3.24. The molecule has 0 radical (unpaired) electrons. The molecule has 11 heteroatoms. The Balaban J connectivity index is 1.69. The van der Waals surface area contributed by atoms with Crippen LogP contribution >= 0.6 is 0 Å². The molecule has 0 unspecified atom stereocenters. The molecule has 0 fully saturated rings. The SMILES string of the molecule is CC(C)(C)Nc1c(NCc2ccc(-c3noc(C(F)(F)F)n3)cn2)c(=O)c1=O. The number of hydrogen-bond acceptors (Lipinski definition) is 8. The van der Waals surface area contributed by atoms with Gasteiger partial charge in [0.2, 0.25) is 5.82 Å². The topological polar surface area (TPSA) is 110 Å². The lowest BCUT2D eigenvalue weighted by molar-refractivity contribution is -0.159. The number of halogens is 3. The zero-order valence-corrected chi connectivity index (χ0v) is 15.1. The van der Waals surface area contributed by atoms with Crippen LogP contribution in [0.4, 0.5) is 24.5 Å². The molecule has 8 nitrogen and oxygen atoms in total. The van der Waals surface area contributed by atoms with E-state index in [9.17, 15) is 22.8 Å². The molecule has 148 valence electrons. The van der Waals surface area contributed by atoms with Crippen molar-refractivity contribution in [1.29, 1.82) is 0 Å². The Bertz CT molecular complexity index is 1060. The van der Waals surface area contributed by atoms with E-state index in [4.69, 9.17) is 0 Å². The number of rotatable bonds is 5. The van der Waals surface area contributed by atoms with Crippen molar-refractivity contribution in [2.75, 3.05) is 10.6 Å². The monoisotopic (exact) mass is 395 g/mol. The fourth-order valence-corrected chi connectivity index (χ4v) is 2.35. The minimum atomic E-state index is -4.72. The third kappa shape index (κ3) is 4.02. The van der Waals surface area contributed by atoms with Gasteiger partial charge in [-0.3, -0.25) is 14.6 Å². The summed E-state index contributed by atoms with van der Waals surface area (Å²) >= 11 is 0. The molecule has 1 aromatic carbocycles. The van der Waals surface area contributed by atoms with E-state index in [1.807, 2.05) is 20.8 Å². The normalized spacial score (nSPS) is 12.4. The summed E-state index contributed by atoms with van der Waals surface area (Å²) in [6.07, 6.45) is -3.43. The summed E-state index contributed by atoms with van der Waals surface area (Å²) in [6, 6.07) is 3.01. The molecule has 0 saturated carbocycles. The van der Waals surface area contributed by atoms with Crippen molar-refractivity contribution < 1.29 is 17.7 Å². The second-order valence-electron chi connectivity index (χ2n) is 7.10. The Morgan fingerprint density at radius 2 is 1.75 bits per heavy atom. The maximum atomic E-state index is 12.5. The van der Waals surface area contributed by atoms with Crippen molar-refractivity contribution in [2.45, 2.75) is 39.0 Å². The lowest BCUT2D eigenvalue weighted by Gasteiger charge is -2.24. The Kier molecular flexibility index (Phi) is 4.69. The van der Waals surface area contributed by atoms with Crippen LogP contribution in [-0.2, 0) is 12.7 Å². The molecular formula is C17H16F3N5O3. The smallest absolute Gasteiger partial charge is 0.375 e. The van der Waals surface area contributed by atoms with Gasteiger partial charge in [0.1, 0.15) is 11.4 Å². The highest BCUT2D eigenvalue weighted by molar-refractivity contribution is 5.74. The molecule has 3 aromatic rings. The Labute approximate surface area is 156 Å². The first-order valence-electron chi connectivity index (χ1n) is 8.17. The van der Waals surface area contributed by atoms with E-state index in [2.05, 4.69) is 30.3 Å². The van der Waals surface area contributed by atoms with Crippen LogP contribution in [0.5, 0.6) is 0 Å². The van der Waals surface area contributed by atoms with Crippen LogP contribution in [-0.4, -0.2) is 20.7 Å². The fourth-order valence-electron chi connectivity index (χ4n) is 2.35. The molecule has 0 atom stereocenters. The lowest BCUT2D eigenvalue weighted by Crippen LogP contribution is -2.41. The molecule has 0 aliphatic rings. The van der Waals surface area contributed by atoms with Gasteiger partial charge in [-0.15, -0.1) is 0 Å². The second-order valence-corrected chi connectivity index (χ2v) is 7.10. The highest BCUT2D eigenvalue weighted by Crippen LogP contribution is 2.29. The van der Waals surface area contributed by atoms with Crippen molar-refractivity contribution in [3.05, 3.63) is 50.4 Å². The van der Waals surface area contributed by atoms with Crippen LogP contribution in [0.3, 0.4) is 0 Å². The number of aromatic nitrogens is 3.